The quantitative estimate of drug-likeness (QED) is 0.869. The second kappa shape index (κ2) is 6.55. The molecule has 1 amide bonds. The molecule has 1 N–H and O–H groups in total. The summed E-state index contributed by atoms with van der Waals surface area (Å²) < 4.78 is 0. The molecule has 0 aliphatic heterocycles. The minimum Gasteiger partial charge on any atom is -0.481 e. The fraction of sp³-hybridized carbons (Fsp3) is 0.500. The zero-order valence-corrected chi connectivity index (χ0v) is 12.6. The smallest absolute Gasteiger partial charge is 0.309 e. The summed E-state index contributed by atoms with van der Waals surface area (Å²) in [4.78, 5) is 25.2. The number of nitrogens with zero attached hydrogens (tertiary/aromatic N) is 1. The summed E-state index contributed by atoms with van der Waals surface area (Å²) in [5.41, 5.74) is 0.00339. The Hall–Kier alpha value is -1.84. The zero-order valence-electron chi connectivity index (χ0n) is 12.6. The first kappa shape index (κ1) is 16.2. The summed E-state index contributed by atoms with van der Waals surface area (Å²) in [6.45, 7) is 7.54. The van der Waals surface area contributed by atoms with Crippen molar-refractivity contribution in [1.29, 1.82) is 0 Å². The van der Waals surface area contributed by atoms with E-state index in [0.29, 0.717) is 6.54 Å². The second-order valence-electron chi connectivity index (χ2n) is 5.97. The van der Waals surface area contributed by atoms with Crippen LogP contribution in [-0.4, -0.2) is 27.9 Å². The molecule has 4 nitrogen and oxygen atoms in total. The normalized spacial score (nSPS) is 11.4. The molecule has 0 saturated carbocycles. The van der Waals surface area contributed by atoms with Crippen molar-refractivity contribution in [2.24, 2.45) is 5.41 Å². The Morgan fingerprint density at radius 1 is 1.20 bits per heavy atom. The van der Waals surface area contributed by atoms with E-state index >= 15 is 0 Å². The van der Waals surface area contributed by atoms with Crippen LogP contribution in [0.25, 0.3) is 0 Å². The second-order valence-corrected chi connectivity index (χ2v) is 5.97. The minimum absolute atomic E-state index is 0.00729. The SMILES string of the molecule is CC(C)N(Cc1ccccc1)C(=O)CC(C)(C)C(=O)O. The Bertz CT molecular complexity index is 466. The lowest BCUT2D eigenvalue weighted by atomic mass is 9.88. The fourth-order valence-corrected chi connectivity index (χ4v) is 1.89. The predicted octanol–water partition coefficient (Wildman–Crippen LogP) is 2.92. The molecule has 4 heteroatoms. The Labute approximate surface area is 120 Å². The van der Waals surface area contributed by atoms with Crippen molar-refractivity contribution in [2.75, 3.05) is 0 Å². The monoisotopic (exact) mass is 277 g/mol. The number of rotatable bonds is 6. The lowest BCUT2D eigenvalue weighted by molar-refractivity contribution is -0.152. The number of hydrogen-bond acceptors (Lipinski definition) is 2. The average Bonchev–Trinajstić information content (AvgIpc) is 2.36. The molecule has 0 bridgehead atoms. The molecule has 1 aromatic carbocycles. The van der Waals surface area contributed by atoms with E-state index in [-0.39, 0.29) is 18.4 Å². The largest absolute Gasteiger partial charge is 0.481 e. The van der Waals surface area contributed by atoms with Crippen molar-refractivity contribution in [3.63, 3.8) is 0 Å². The average molecular weight is 277 g/mol. The highest BCUT2D eigenvalue weighted by Gasteiger charge is 2.32. The topological polar surface area (TPSA) is 57.6 Å². The van der Waals surface area contributed by atoms with Crippen LogP contribution in [0.15, 0.2) is 30.3 Å². The van der Waals surface area contributed by atoms with Gasteiger partial charge in [-0.15, -0.1) is 0 Å². The zero-order chi connectivity index (χ0) is 15.3. The van der Waals surface area contributed by atoms with Crippen LogP contribution < -0.4 is 0 Å². The molecule has 1 aromatic rings. The third kappa shape index (κ3) is 4.37. The Morgan fingerprint density at radius 2 is 1.75 bits per heavy atom. The molecule has 0 aliphatic rings. The highest BCUT2D eigenvalue weighted by atomic mass is 16.4. The van der Waals surface area contributed by atoms with Crippen molar-refractivity contribution in [1.82, 2.24) is 4.90 Å². The van der Waals surface area contributed by atoms with Gasteiger partial charge in [0, 0.05) is 19.0 Å². The van der Waals surface area contributed by atoms with Gasteiger partial charge in [0.2, 0.25) is 5.91 Å². The molecule has 0 heterocycles. The number of aliphatic carboxylic acids is 1. The molecule has 0 unspecified atom stereocenters. The number of benzene rings is 1. The van der Waals surface area contributed by atoms with Crippen molar-refractivity contribution >= 4 is 11.9 Å². The summed E-state index contributed by atoms with van der Waals surface area (Å²) in [5, 5.41) is 9.13. The van der Waals surface area contributed by atoms with E-state index in [1.54, 1.807) is 18.7 Å². The third-order valence-electron chi connectivity index (χ3n) is 3.31. The molecule has 0 aliphatic carbocycles. The van der Waals surface area contributed by atoms with E-state index < -0.39 is 11.4 Å². The lowest BCUT2D eigenvalue weighted by Gasteiger charge is -2.30. The molecule has 0 atom stereocenters. The van der Waals surface area contributed by atoms with Gasteiger partial charge in [-0.25, -0.2) is 0 Å². The molecule has 20 heavy (non-hydrogen) atoms. The van der Waals surface area contributed by atoms with Crippen molar-refractivity contribution < 1.29 is 14.7 Å². The molecule has 1 rings (SSSR count). The summed E-state index contributed by atoms with van der Waals surface area (Å²) >= 11 is 0. The predicted molar refractivity (Wildman–Crippen MR) is 78.2 cm³/mol. The van der Waals surface area contributed by atoms with Crippen LogP contribution in [0.2, 0.25) is 0 Å². The Kier molecular flexibility index (Phi) is 5.31. The summed E-state index contributed by atoms with van der Waals surface area (Å²) in [7, 11) is 0. The number of carboxylic acids is 1. The summed E-state index contributed by atoms with van der Waals surface area (Å²) in [6.07, 6.45) is 0.00729. The van der Waals surface area contributed by atoms with E-state index in [4.69, 9.17) is 5.11 Å². The van der Waals surface area contributed by atoms with Crippen molar-refractivity contribution in [3.8, 4) is 0 Å². The molecule has 110 valence electrons. The molecule has 0 fully saturated rings. The van der Waals surface area contributed by atoms with E-state index in [0.717, 1.165) is 5.56 Å². The summed E-state index contributed by atoms with van der Waals surface area (Å²) in [6, 6.07) is 9.75. The number of amides is 1. The van der Waals surface area contributed by atoms with Gasteiger partial charge in [-0.3, -0.25) is 9.59 Å². The number of hydrogen-bond donors (Lipinski definition) is 1. The maximum Gasteiger partial charge on any atom is 0.309 e. The molecule has 0 spiro atoms. The van der Waals surface area contributed by atoms with Gasteiger partial charge in [0.1, 0.15) is 0 Å². The van der Waals surface area contributed by atoms with Gasteiger partial charge >= 0.3 is 5.97 Å². The van der Waals surface area contributed by atoms with E-state index in [2.05, 4.69) is 0 Å². The molecular weight excluding hydrogens is 254 g/mol. The van der Waals surface area contributed by atoms with Gasteiger partial charge in [0.15, 0.2) is 0 Å². The molecule has 0 saturated heterocycles. The highest BCUT2D eigenvalue weighted by Crippen LogP contribution is 2.23. The first-order valence-electron chi connectivity index (χ1n) is 6.81. The van der Waals surface area contributed by atoms with Crippen LogP contribution in [0.4, 0.5) is 0 Å². The number of carboxylic acid groups (broad SMARTS) is 1. The number of carbonyl (C=O) groups excluding carboxylic acids is 1. The van der Waals surface area contributed by atoms with E-state index in [1.807, 2.05) is 44.2 Å². The first-order valence-corrected chi connectivity index (χ1v) is 6.81. The van der Waals surface area contributed by atoms with Crippen LogP contribution >= 0.6 is 0 Å². The summed E-state index contributed by atoms with van der Waals surface area (Å²) in [5.74, 6) is -1.08. The van der Waals surface area contributed by atoms with Gasteiger partial charge in [-0.05, 0) is 33.3 Å². The molecule has 0 aromatic heterocycles. The van der Waals surface area contributed by atoms with Crippen LogP contribution in [-0.2, 0) is 16.1 Å². The standard InChI is InChI=1S/C16H23NO3/c1-12(2)17(11-13-8-6-5-7-9-13)14(18)10-16(3,4)15(19)20/h5-9,12H,10-11H2,1-4H3,(H,19,20). The van der Waals surface area contributed by atoms with Gasteiger partial charge in [-0.2, -0.15) is 0 Å². The number of carbonyl (C=O) groups is 2. The Balaban J connectivity index is 2.81. The highest BCUT2D eigenvalue weighted by molar-refractivity contribution is 5.84. The fourth-order valence-electron chi connectivity index (χ4n) is 1.89. The van der Waals surface area contributed by atoms with Crippen molar-refractivity contribution in [3.05, 3.63) is 35.9 Å². The molecule has 0 radical (unpaired) electrons. The maximum atomic E-state index is 12.4. The van der Waals surface area contributed by atoms with Gasteiger partial charge in [0.05, 0.1) is 5.41 Å². The van der Waals surface area contributed by atoms with Crippen LogP contribution in [0.5, 0.6) is 0 Å². The third-order valence-corrected chi connectivity index (χ3v) is 3.31. The maximum absolute atomic E-state index is 12.4. The van der Waals surface area contributed by atoms with E-state index in [1.165, 1.54) is 0 Å². The minimum atomic E-state index is -1.04. The Morgan fingerprint density at radius 3 is 2.20 bits per heavy atom. The van der Waals surface area contributed by atoms with Gasteiger partial charge in [-0.1, -0.05) is 30.3 Å². The van der Waals surface area contributed by atoms with Crippen LogP contribution in [0.1, 0.15) is 39.7 Å². The van der Waals surface area contributed by atoms with Crippen molar-refractivity contribution in [2.45, 2.75) is 46.7 Å². The van der Waals surface area contributed by atoms with Gasteiger partial charge < -0.3 is 10.0 Å². The van der Waals surface area contributed by atoms with Gasteiger partial charge in [0.25, 0.3) is 0 Å². The molecular formula is C16H23NO3. The first-order chi connectivity index (χ1) is 9.24. The van der Waals surface area contributed by atoms with Crippen LogP contribution in [0, 0.1) is 5.41 Å². The van der Waals surface area contributed by atoms with Crippen LogP contribution in [0.3, 0.4) is 0 Å². The van der Waals surface area contributed by atoms with E-state index in [9.17, 15) is 9.59 Å². The lowest BCUT2D eigenvalue weighted by Crippen LogP contribution is -2.40.